The highest BCUT2D eigenvalue weighted by molar-refractivity contribution is 7.98. The molecule has 1 aliphatic heterocycles. The van der Waals surface area contributed by atoms with Crippen molar-refractivity contribution >= 4 is 43.8 Å². The molecule has 0 aromatic heterocycles. The van der Waals surface area contributed by atoms with Crippen LogP contribution in [0, 0.1) is 16.7 Å². The van der Waals surface area contributed by atoms with Gasteiger partial charge >= 0.3 is 17.9 Å². The molecule has 52 heavy (non-hydrogen) atoms. The number of hydrogen-bond acceptors (Lipinski definition) is 12. The van der Waals surface area contributed by atoms with Crippen molar-refractivity contribution in [1.82, 2.24) is 0 Å². The van der Waals surface area contributed by atoms with Crippen molar-refractivity contribution in [3.63, 3.8) is 0 Å². The monoisotopic (exact) mass is 760 g/mol. The molecule has 3 aliphatic carbocycles. The van der Waals surface area contributed by atoms with Crippen molar-refractivity contribution in [2.75, 3.05) is 18.8 Å². The first-order valence-corrected chi connectivity index (χ1v) is 22.4. The third kappa shape index (κ3) is 6.40. The van der Waals surface area contributed by atoms with Gasteiger partial charge < -0.3 is 33.2 Å². The van der Waals surface area contributed by atoms with E-state index in [9.17, 15) is 19.5 Å². The Morgan fingerprint density at radius 3 is 2.15 bits per heavy atom. The summed E-state index contributed by atoms with van der Waals surface area (Å²) in [5.74, 6) is -3.48. The van der Waals surface area contributed by atoms with Crippen LogP contribution in [0.4, 0.5) is 0 Å². The smallest absolute Gasteiger partial charge is 0.338 e. The molecule has 1 aromatic rings. The second kappa shape index (κ2) is 14.9. The molecule has 4 aliphatic rings. The third-order valence-corrected chi connectivity index (χ3v) is 17.9. The molecule has 2 bridgehead atoms. The minimum atomic E-state index is -2.36. The SMILES string of the molecule is CC[Si](CC)(CC)O[C@H]1C[C@@]2(O)[C@@H](OC(=O)c3ccccc3)[C@H]3[C@](C)(C(=O)[C@H](OC(C)=O)C(=C1C)C2(C)C)[C@@H](OCSC)CC1OC[C@]13OC(C)=O. The molecule has 5 rings (SSSR count). The highest BCUT2D eigenvalue weighted by Gasteiger charge is 2.78. The fraction of sp³-hybridized carbons (Fsp3) is 0.692. The van der Waals surface area contributed by atoms with E-state index >= 15 is 4.79 Å². The van der Waals surface area contributed by atoms with Gasteiger partial charge in [0.25, 0.3) is 0 Å². The number of carbonyl (C=O) groups excluding carboxylic acids is 4. The van der Waals surface area contributed by atoms with Crippen molar-refractivity contribution in [3.05, 3.63) is 47.0 Å². The highest BCUT2D eigenvalue weighted by atomic mass is 32.2. The van der Waals surface area contributed by atoms with E-state index in [2.05, 4.69) is 20.8 Å². The molecule has 1 unspecified atom stereocenters. The van der Waals surface area contributed by atoms with Gasteiger partial charge in [-0.25, -0.2) is 4.79 Å². The molecule has 1 heterocycles. The first-order valence-electron chi connectivity index (χ1n) is 18.4. The first kappa shape index (κ1) is 40.6. The lowest BCUT2D eigenvalue weighted by molar-refractivity contribution is -0.347. The van der Waals surface area contributed by atoms with Gasteiger partial charge in [-0.15, -0.1) is 11.8 Å². The van der Waals surface area contributed by atoms with Crippen LogP contribution in [0.1, 0.15) is 85.5 Å². The van der Waals surface area contributed by atoms with Gasteiger partial charge in [-0.1, -0.05) is 52.8 Å². The summed E-state index contributed by atoms with van der Waals surface area (Å²) in [5, 5.41) is 13.8. The Morgan fingerprint density at radius 1 is 1.00 bits per heavy atom. The zero-order chi connectivity index (χ0) is 38.4. The molecule has 1 N–H and O–H groups in total. The summed E-state index contributed by atoms with van der Waals surface area (Å²) in [5.41, 5.74) is -5.06. The summed E-state index contributed by atoms with van der Waals surface area (Å²) < 4.78 is 38.6. The van der Waals surface area contributed by atoms with Gasteiger partial charge in [-0.05, 0) is 61.5 Å². The third-order valence-electron chi connectivity index (χ3n) is 12.9. The molecule has 1 saturated heterocycles. The second-order valence-corrected chi connectivity index (χ2v) is 21.2. The molecule has 288 valence electrons. The number of hydrogen-bond donors (Lipinski definition) is 1. The topological polar surface area (TPSA) is 144 Å². The standard InChI is InChI=1S/C39H56O11SSi/c1-11-52(12-2,13-3)50-27-20-39(44)34(48-35(43)26-17-15-14-16-18-26)32-37(9,33(42)31(47-24(5)40)30(23(27)4)36(39,7)8)28(46-22-51-10)19-29-38(32,21-45-29)49-25(6)41/h14-18,27-29,31-32,34,44H,11-13,19-22H2,1-10H3/t27-,28-,29?,31+,32-,34-,37+,38-,39+/m0/s1. The number of rotatable bonds is 12. The van der Waals surface area contributed by atoms with Crippen molar-refractivity contribution in [1.29, 1.82) is 0 Å². The molecule has 0 amide bonds. The number of Topliss-reactive ketones (excluding diaryl/α,β-unsaturated/α-hetero) is 1. The second-order valence-electron chi connectivity index (χ2n) is 15.7. The number of benzene rings is 1. The molecule has 0 radical (unpaired) electrons. The fourth-order valence-corrected chi connectivity index (χ4v) is 12.9. The maximum atomic E-state index is 15.7. The van der Waals surface area contributed by atoms with E-state index in [0.717, 1.165) is 18.1 Å². The Hall–Kier alpha value is -2.55. The molecular formula is C39H56O11SSi. The summed E-state index contributed by atoms with van der Waals surface area (Å²) in [6.07, 6.45) is -3.16. The van der Waals surface area contributed by atoms with Gasteiger partial charge in [0.15, 0.2) is 25.8 Å². The van der Waals surface area contributed by atoms with Crippen LogP contribution in [0.25, 0.3) is 0 Å². The van der Waals surface area contributed by atoms with Gasteiger partial charge in [-0.2, -0.15) is 0 Å². The predicted molar refractivity (Wildman–Crippen MR) is 198 cm³/mol. The Labute approximate surface area is 313 Å². The molecule has 11 nitrogen and oxygen atoms in total. The first-order chi connectivity index (χ1) is 24.4. The van der Waals surface area contributed by atoms with Crippen LogP contribution in [0.5, 0.6) is 0 Å². The molecule has 1 aromatic carbocycles. The fourth-order valence-electron chi connectivity index (χ4n) is 9.69. The molecular weight excluding hydrogens is 705 g/mol. The molecule has 0 spiro atoms. The number of thioether (sulfide) groups is 1. The van der Waals surface area contributed by atoms with Crippen LogP contribution >= 0.6 is 11.8 Å². The number of carbonyl (C=O) groups is 4. The van der Waals surface area contributed by atoms with Crippen LogP contribution < -0.4 is 0 Å². The van der Waals surface area contributed by atoms with E-state index in [0.29, 0.717) is 11.1 Å². The Balaban J connectivity index is 1.89. The van der Waals surface area contributed by atoms with Crippen LogP contribution in [0.2, 0.25) is 18.1 Å². The molecule has 3 fully saturated rings. The quantitative estimate of drug-likeness (QED) is 0.0874. The van der Waals surface area contributed by atoms with E-state index < -0.39 is 90.5 Å². The lowest BCUT2D eigenvalue weighted by atomic mass is 9.44. The van der Waals surface area contributed by atoms with Crippen LogP contribution in [0.3, 0.4) is 0 Å². The van der Waals surface area contributed by atoms with E-state index in [1.807, 2.05) is 13.2 Å². The van der Waals surface area contributed by atoms with Crippen molar-refractivity contribution < 1.29 is 52.4 Å². The minimum absolute atomic E-state index is 0.00237. The average Bonchev–Trinajstić information content (AvgIpc) is 3.09. The van der Waals surface area contributed by atoms with Crippen LogP contribution in [-0.4, -0.2) is 97.6 Å². The maximum absolute atomic E-state index is 15.7. The Kier molecular flexibility index (Phi) is 11.7. The molecule has 2 saturated carbocycles. The summed E-state index contributed by atoms with van der Waals surface area (Å²) in [7, 11) is -2.36. The Morgan fingerprint density at radius 2 is 1.63 bits per heavy atom. The lowest BCUT2D eigenvalue weighted by Crippen LogP contribution is -2.82. The van der Waals surface area contributed by atoms with Crippen molar-refractivity contribution in [3.8, 4) is 0 Å². The van der Waals surface area contributed by atoms with E-state index in [1.165, 1.54) is 25.6 Å². The summed E-state index contributed by atoms with van der Waals surface area (Å²) in [6.45, 7) is 15.9. The van der Waals surface area contributed by atoms with E-state index in [1.54, 1.807) is 51.1 Å². The van der Waals surface area contributed by atoms with Crippen molar-refractivity contribution in [2.45, 2.75) is 135 Å². The molecule has 13 heteroatoms. The van der Waals surface area contributed by atoms with Gasteiger partial charge in [0.1, 0.15) is 17.8 Å². The van der Waals surface area contributed by atoms with Gasteiger partial charge in [0, 0.05) is 32.1 Å². The normalized spacial score (nSPS) is 35.2. The predicted octanol–water partition coefficient (Wildman–Crippen LogP) is 6.03. The lowest BCUT2D eigenvalue weighted by Gasteiger charge is -2.68. The van der Waals surface area contributed by atoms with E-state index in [-0.39, 0.29) is 31.0 Å². The summed E-state index contributed by atoms with van der Waals surface area (Å²) >= 11 is 1.42. The maximum Gasteiger partial charge on any atom is 0.338 e. The van der Waals surface area contributed by atoms with Crippen LogP contribution in [-0.2, 0) is 42.5 Å². The molecule has 9 atom stereocenters. The van der Waals surface area contributed by atoms with Crippen LogP contribution in [0.15, 0.2) is 41.5 Å². The van der Waals surface area contributed by atoms with Gasteiger partial charge in [0.05, 0.1) is 41.7 Å². The average molecular weight is 761 g/mol. The summed E-state index contributed by atoms with van der Waals surface area (Å²) in [4.78, 5) is 56.1. The largest absolute Gasteiger partial charge is 0.455 e. The van der Waals surface area contributed by atoms with Gasteiger partial charge in [-0.3, -0.25) is 14.4 Å². The summed E-state index contributed by atoms with van der Waals surface area (Å²) in [6, 6.07) is 10.9. The number of ketones is 1. The zero-order valence-corrected chi connectivity index (χ0v) is 34.1. The highest BCUT2D eigenvalue weighted by Crippen LogP contribution is 2.65. The zero-order valence-electron chi connectivity index (χ0n) is 32.2. The number of fused-ring (bicyclic) bond motifs is 5. The van der Waals surface area contributed by atoms with Gasteiger partial charge in [0.2, 0.25) is 0 Å². The number of ether oxygens (including phenoxy) is 5. The Bertz CT molecular complexity index is 1570. The number of esters is 3. The minimum Gasteiger partial charge on any atom is -0.455 e. The number of aliphatic hydroxyl groups is 1. The van der Waals surface area contributed by atoms with E-state index in [4.69, 9.17) is 28.1 Å². The van der Waals surface area contributed by atoms with Crippen molar-refractivity contribution in [2.24, 2.45) is 16.7 Å².